The van der Waals surface area contributed by atoms with E-state index in [2.05, 4.69) is 121 Å². The average Bonchev–Trinajstić information content (AvgIpc) is 1.61. The van der Waals surface area contributed by atoms with E-state index in [0.29, 0.717) is 28.4 Å². The zero-order valence-electron chi connectivity index (χ0n) is 59.5. The van der Waals surface area contributed by atoms with Gasteiger partial charge in [0.25, 0.3) is 0 Å². The third-order valence-electron chi connectivity index (χ3n) is 17.7. The number of carbonyl (C=O) groups is 1. The number of unbranched alkanes of at least 4 members (excludes halogenated alkanes) is 1. The van der Waals surface area contributed by atoms with Gasteiger partial charge in [-0.1, -0.05) is 216 Å². The number of aliphatic hydroxyl groups excluding tert-OH is 3. The molecule has 0 saturated carbocycles. The number of nitrogens with zero attached hydrogens (tertiary/aromatic N) is 6. The minimum absolute atomic E-state index is 0. The fourth-order valence-electron chi connectivity index (χ4n) is 12.8. The summed E-state index contributed by atoms with van der Waals surface area (Å²) in [5.41, 5.74) is 13.9. The van der Waals surface area contributed by atoms with E-state index in [1.165, 1.54) is 104 Å². The molecule has 3 N–H and O–H groups in total. The Hall–Kier alpha value is -10.6. The Morgan fingerprint density at radius 2 is 0.963 bits per heavy atom. The largest absolute Gasteiger partial charge is 0.513 e. The number of para-hydroxylation sites is 5. The molecule has 107 heavy (non-hydrogen) atoms. The fraction of sp³-hybridized carbons (Fsp3) is 0.169. The minimum atomic E-state index is -4.40. The van der Waals surface area contributed by atoms with E-state index in [1.54, 1.807) is 6.92 Å². The monoisotopic (exact) mass is 1790 g/mol. The average molecular weight is 1790 g/mol. The van der Waals surface area contributed by atoms with Gasteiger partial charge in [0.05, 0.1) is 28.7 Å². The number of rotatable bonds is 14. The number of pyridine rings is 3. The molecule has 18 heteroatoms. The molecule has 6 aromatic heterocycles. The summed E-state index contributed by atoms with van der Waals surface area (Å²) >= 11 is 0. The molecule has 2 radical (unpaired) electrons. The van der Waals surface area contributed by atoms with E-state index in [4.69, 9.17) is 15.3 Å². The number of alkyl halides is 6. The van der Waals surface area contributed by atoms with Crippen molar-refractivity contribution in [2.24, 2.45) is 5.92 Å². The van der Waals surface area contributed by atoms with Crippen LogP contribution in [-0.2, 0) is 63.9 Å². The maximum absolute atomic E-state index is 12.8. The van der Waals surface area contributed by atoms with Crippen LogP contribution in [0.2, 0.25) is 0 Å². The molecule has 10 nitrogen and oxygen atoms in total. The molecule has 0 aliphatic heterocycles. The van der Waals surface area contributed by atoms with Gasteiger partial charge in [-0.2, -0.15) is 26.3 Å². The first kappa shape index (κ1) is 80.5. The molecule has 0 fully saturated rings. The molecule has 6 heterocycles. The quantitative estimate of drug-likeness (QED) is 0.0428. The SMILES string of the molecule is CC(=O)C=C(C)O.CC(O)=CC(C)O.CCCCC(CC)Cn1c2ccccc2c2ccc(-c3c[c-]c(-c4ccccn4)cc3)cc21.FC(F)(F)c1ccc(-c2[c-]c3c4ccccc4n(-c4ccccc4)c3cc2)nc1.FC(F)(F)c1ccc(-c2[c-]c3c4ccccc4n(-c4ccccc4)c3cc2)nc1.[Ir].[Ir]. The molecule has 9 aromatic carbocycles. The summed E-state index contributed by atoms with van der Waals surface area (Å²) in [6, 6.07) is 86.9. The van der Waals surface area contributed by atoms with Crippen molar-refractivity contribution in [3.8, 4) is 56.3 Å². The minimum Gasteiger partial charge on any atom is -0.513 e. The van der Waals surface area contributed by atoms with Crippen molar-refractivity contribution < 1.29 is 86.7 Å². The molecule has 0 saturated heterocycles. The van der Waals surface area contributed by atoms with Gasteiger partial charge in [0.2, 0.25) is 0 Å². The van der Waals surface area contributed by atoms with Crippen LogP contribution in [0.3, 0.4) is 0 Å². The van der Waals surface area contributed by atoms with Crippen LogP contribution in [0.4, 0.5) is 26.3 Å². The molecule has 0 amide bonds. The number of benzene rings is 9. The second-order valence-corrected chi connectivity index (χ2v) is 25.4. The summed E-state index contributed by atoms with van der Waals surface area (Å²) in [5.74, 6) is 0.807. The molecule has 15 aromatic rings. The standard InChI is InChI=1S/C31H31N2.2C24H14F3N2.C5H10O2.C5H8O2.2Ir/c1-3-5-10-23(4-2)22-33-30-13-7-6-11-27(30)28-19-18-26(21-31(28)33)24-14-16-25(17-15-24)29-12-8-9-20-32-29;2*25-24(26,27)17-11-12-21(28-15-17)16-10-13-23-20(14-16)19-8-4-5-9-22(19)29(23)18-6-2-1-3-7-18;2*1-4(6)3-5(2)7;;/h6-9,11-16,18-21,23H,3-5,10,22H2,1-2H3;2*1-13,15H;3-4,6-7H,1-2H3;3,6H,1-2H3;;/q3*-1;;;;. The summed E-state index contributed by atoms with van der Waals surface area (Å²) < 4.78 is 83.8. The van der Waals surface area contributed by atoms with Gasteiger partial charge < -0.3 is 34.0 Å². The van der Waals surface area contributed by atoms with Gasteiger partial charge in [0.15, 0.2) is 5.78 Å². The number of fused-ring (bicyclic) bond motifs is 9. The Morgan fingerprint density at radius 3 is 1.37 bits per heavy atom. The van der Waals surface area contributed by atoms with Crippen LogP contribution >= 0.6 is 0 Å². The number of halogens is 6. The fourth-order valence-corrected chi connectivity index (χ4v) is 12.8. The summed E-state index contributed by atoms with van der Waals surface area (Å²) in [5, 5.41) is 31.8. The van der Waals surface area contributed by atoms with Crippen molar-refractivity contribution in [1.29, 1.82) is 0 Å². The molecule has 550 valence electrons. The Labute approximate surface area is 644 Å². The molecule has 15 rings (SSSR count). The maximum atomic E-state index is 12.8. The van der Waals surface area contributed by atoms with Crippen LogP contribution in [-0.4, -0.2) is 55.9 Å². The third kappa shape index (κ3) is 19.7. The van der Waals surface area contributed by atoms with Crippen LogP contribution in [0.15, 0.2) is 279 Å². The summed E-state index contributed by atoms with van der Waals surface area (Å²) in [4.78, 5) is 22.5. The number of allylic oxidation sites excluding steroid dienone is 3. The van der Waals surface area contributed by atoms with Crippen molar-refractivity contribution in [2.75, 3.05) is 0 Å². The Morgan fingerprint density at radius 1 is 0.495 bits per heavy atom. The Balaban J connectivity index is 0.000000169. The first-order valence-electron chi connectivity index (χ1n) is 34.5. The third-order valence-corrected chi connectivity index (χ3v) is 17.7. The zero-order chi connectivity index (χ0) is 74.4. The number of hydrogen-bond donors (Lipinski definition) is 3. The van der Waals surface area contributed by atoms with Gasteiger partial charge in [-0.3, -0.25) is 14.8 Å². The van der Waals surface area contributed by atoms with Gasteiger partial charge in [-0.15, -0.1) is 66.2 Å². The van der Waals surface area contributed by atoms with E-state index in [9.17, 15) is 31.1 Å². The van der Waals surface area contributed by atoms with E-state index < -0.39 is 29.6 Å². The smallest absolute Gasteiger partial charge is 0.417 e. The van der Waals surface area contributed by atoms with Crippen molar-refractivity contribution in [1.82, 2.24) is 28.7 Å². The van der Waals surface area contributed by atoms with Gasteiger partial charge in [0.1, 0.15) is 0 Å². The number of ketones is 1. The van der Waals surface area contributed by atoms with Crippen LogP contribution in [0.25, 0.3) is 122 Å². The van der Waals surface area contributed by atoms with Gasteiger partial charge in [-0.05, 0) is 117 Å². The van der Waals surface area contributed by atoms with E-state index >= 15 is 0 Å². The molecule has 0 bridgehead atoms. The predicted octanol–water partition coefficient (Wildman–Crippen LogP) is 23.7. The Kier molecular flexibility index (Phi) is 27.6. The van der Waals surface area contributed by atoms with Crippen LogP contribution in [0.1, 0.15) is 78.4 Å². The molecule has 2 unspecified atom stereocenters. The maximum Gasteiger partial charge on any atom is 0.417 e. The first-order valence-corrected chi connectivity index (χ1v) is 34.5. The Bertz CT molecular complexity index is 5290. The van der Waals surface area contributed by atoms with E-state index in [-0.39, 0.29) is 57.5 Å². The molecule has 0 aliphatic rings. The van der Waals surface area contributed by atoms with Gasteiger partial charge in [0, 0.05) is 127 Å². The van der Waals surface area contributed by atoms with Crippen LogP contribution in [0, 0.1) is 24.1 Å². The van der Waals surface area contributed by atoms with Gasteiger partial charge >= 0.3 is 12.4 Å². The molecule has 0 spiro atoms. The summed E-state index contributed by atoms with van der Waals surface area (Å²) in [7, 11) is 0. The first-order chi connectivity index (χ1) is 50.6. The molecule has 2 atom stereocenters. The predicted molar refractivity (Wildman–Crippen MR) is 411 cm³/mol. The normalized spacial score (nSPS) is 12.2. The number of aromatic nitrogens is 6. The van der Waals surface area contributed by atoms with Crippen LogP contribution in [0.5, 0.6) is 0 Å². The zero-order valence-corrected chi connectivity index (χ0v) is 64.3. The number of carbonyl (C=O) groups excluding carboxylic acids is 1. The van der Waals surface area contributed by atoms with Crippen molar-refractivity contribution in [2.45, 2.75) is 92.2 Å². The summed E-state index contributed by atoms with van der Waals surface area (Å²) in [6.45, 7) is 11.6. The van der Waals surface area contributed by atoms with Crippen molar-refractivity contribution in [3.05, 3.63) is 308 Å². The van der Waals surface area contributed by atoms with Crippen molar-refractivity contribution in [3.63, 3.8) is 0 Å². The van der Waals surface area contributed by atoms with E-state index in [1.807, 2.05) is 158 Å². The van der Waals surface area contributed by atoms with Gasteiger partial charge in [-0.25, -0.2) is 0 Å². The molecule has 0 aliphatic carbocycles. The topological polar surface area (TPSA) is 131 Å². The second kappa shape index (κ2) is 36.6. The molecular weight excluding hydrogens is 1720 g/mol. The molecular formula is C89H77F6Ir2N6O4-3. The van der Waals surface area contributed by atoms with Crippen molar-refractivity contribution >= 4 is 71.2 Å². The second-order valence-electron chi connectivity index (χ2n) is 25.4. The van der Waals surface area contributed by atoms with Crippen LogP contribution < -0.4 is 0 Å². The number of aliphatic hydroxyl groups is 3. The van der Waals surface area contributed by atoms with E-state index in [0.717, 1.165) is 97.3 Å². The number of hydrogen-bond acceptors (Lipinski definition) is 7. The summed E-state index contributed by atoms with van der Waals surface area (Å²) in [6.07, 6.45) is 1.82.